The molecule has 1 aromatic rings. The number of piperidine rings is 1. The maximum atomic E-state index is 10.6. The Morgan fingerprint density at radius 3 is 3.06 bits per heavy atom. The van der Waals surface area contributed by atoms with Gasteiger partial charge in [0.25, 0.3) is 0 Å². The standard InChI is InChI=1S/C12H18N2O2S/c13-10-6-9(11-2-1-5-17-11)7-14(8-10)4-3-12(15)16/h1-2,5,9-10H,3-4,6-8,13H2,(H,15,16). The van der Waals surface area contributed by atoms with E-state index in [4.69, 9.17) is 10.8 Å². The fourth-order valence-corrected chi connectivity index (χ4v) is 3.23. The van der Waals surface area contributed by atoms with Gasteiger partial charge in [-0.05, 0) is 17.9 Å². The molecule has 2 heterocycles. The Morgan fingerprint density at radius 1 is 1.59 bits per heavy atom. The molecule has 1 aliphatic rings. The topological polar surface area (TPSA) is 66.6 Å². The normalized spacial score (nSPS) is 25.9. The average Bonchev–Trinajstić information content (AvgIpc) is 2.79. The number of carboxylic acids is 1. The Hall–Kier alpha value is -0.910. The lowest BCUT2D eigenvalue weighted by molar-refractivity contribution is -0.137. The molecule has 1 fully saturated rings. The minimum Gasteiger partial charge on any atom is -0.481 e. The zero-order chi connectivity index (χ0) is 12.3. The van der Waals surface area contributed by atoms with Gasteiger partial charge in [-0.3, -0.25) is 4.79 Å². The summed E-state index contributed by atoms with van der Waals surface area (Å²) in [6, 6.07) is 4.36. The van der Waals surface area contributed by atoms with Gasteiger partial charge in [0.15, 0.2) is 0 Å². The Balaban J connectivity index is 1.94. The second-order valence-corrected chi connectivity index (χ2v) is 5.59. The van der Waals surface area contributed by atoms with E-state index in [0.717, 1.165) is 19.5 Å². The number of hydrogen-bond donors (Lipinski definition) is 2. The van der Waals surface area contributed by atoms with Gasteiger partial charge < -0.3 is 15.7 Å². The molecule has 0 radical (unpaired) electrons. The molecule has 3 N–H and O–H groups in total. The molecule has 0 aromatic carbocycles. The van der Waals surface area contributed by atoms with Crippen molar-refractivity contribution in [3.8, 4) is 0 Å². The predicted molar refractivity (Wildman–Crippen MR) is 68.3 cm³/mol. The Labute approximate surface area is 105 Å². The maximum Gasteiger partial charge on any atom is 0.304 e. The fourth-order valence-electron chi connectivity index (χ4n) is 2.40. The molecule has 2 rings (SSSR count). The molecule has 1 aromatic heterocycles. The quantitative estimate of drug-likeness (QED) is 0.851. The van der Waals surface area contributed by atoms with Crippen molar-refractivity contribution < 1.29 is 9.90 Å². The van der Waals surface area contributed by atoms with Crippen molar-refractivity contribution >= 4 is 17.3 Å². The predicted octanol–water partition coefficient (Wildman–Crippen LogP) is 1.34. The molecule has 0 aliphatic carbocycles. The van der Waals surface area contributed by atoms with Gasteiger partial charge in [-0.2, -0.15) is 0 Å². The van der Waals surface area contributed by atoms with Crippen LogP contribution in [0.15, 0.2) is 17.5 Å². The first-order valence-electron chi connectivity index (χ1n) is 5.88. The Bertz CT molecular complexity index is 367. The van der Waals surface area contributed by atoms with Crippen LogP contribution in [0.1, 0.15) is 23.6 Å². The van der Waals surface area contributed by atoms with Crippen molar-refractivity contribution in [1.82, 2.24) is 4.90 Å². The Kier molecular flexibility index (Phi) is 4.15. The van der Waals surface area contributed by atoms with Gasteiger partial charge in [0.05, 0.1) is 6.42 Å². The van der Waals surface area contributed by atoms with E-state index < -0.39 is 5.97 Å². The van der Waals surface area contributed by atoms with Gasteiger partial charge in [-0.1, -0.05) is 6.07 Å². The van der Waals surface area contributed by atoms with Gasteiger partial charge in [0.2, 0.25) is 0 Å². The number of thiophene rings is 1. The molecular weight excluding hydrogens is 236 g/mol. The van der Waals surface area contributed by atoms with E-state index >= 15 is 0 Å². The molecule has 1 aliphatic heterocycles. The molecule has 0 amide bonds. The van der Waals surface area contributed by atoms with Crippen molar-refractivity contribution in [2.24, 2.45) is 5.73 Å². The monoisotopic (exact) mass is 254 g/mol. The van der Waals surface area contributed by atoms with Gasteiger partial charge in [0, 0.05) is 36.5 Å². The number of carbonyl (C=O) groups is 1. The van der Waals surface area contributed by atoms with E-state index in [-0.39, 0.29) is 12.5 Å². The van der Waals surface area contributed by atoms with Crippen molar-refractivity contribution in [3.63, 3.8) is 0 Å². The van der Waals surface area contributed by atoms with Gasteiger partial charge in [-0.25, -0.2) is 0 Å². The summed E-state index contributed by atoms with van der Waals surface area (Å²) < 4.78 is 0. The van der Waals surface area contributed by atoms with Crippen LogP contribution >= 0.6 is 11.3 Å². The van der Waals surface area contributed by atoms with Crippen LogP contribution in [-0.2, 0) is 4.79 Å². The molecule has 5 heteroatoms. The van der Waals surface area contributed by atoms with E-state index in [9.17, 15) is 4.79 Å². The summed E-state index contributed by atoms with van der Waals surface area (Å²) in [5.74, 6) is -0.274. The molecular formula is C12H18N2O2S. The van der Waals surface area contributed by atoms with Crippen LogP contribution in [0, 0.1) is 0 Å². The van der Waals surface area contributed by atoms with Crippen molar-refractivity contribution in [1.29, 1.82) is 0 Å². The van der Waals surface area contributed by atoms with Gasteiger partial charge in [-0.15, -0.1) is 11.3 Å². The third-order valence-electron chi connectivity index (χ3n) is 3.15. The number of aliphatic carboxylic acids is 1. The minimum atomic E-state index is -0.739. The van der Waals surface area contributed by atoms with E-state index in [1.807, 2.05) is 0 Å². The summed E-state index contributed by atoms with van der Waals surface area (Å²) in [7, 11) is 0. The third-order valence-corrected chi connectivity index (χ3v) is 4.18. The van der Waals surface area contributed by atoms with Crippen LogP contribution in [0.4, 0.5) is 0 Å². The van der Waals surface area contributed by atoms with Crippen LogP contribution < -0.4 is 5.73 Å². The number of rotatable bonds is 4. The molecule has 0 spiro atoms. The van der Waals surface area contributed by atoms with E-state index in [1.54, 1.807) is 11.3 Å². The zero-order valence-electron chi connectivity index (χ0n) is 9.71. The number of nitrogens with two attached hydrogens (primary N) is 1. The lowest BCUT2D eigenvalue weighted by atomic mass is 9.93. The van der Waals surface area contributed by atoms with Crippen LogP contribution in [-0.4, -0.2) is 41.7 Å². The number of carboxylic acid groups (broad SMARTS) is 1. The smallest absolute Gasteiger partial charge is 0.304 e. The molecule has 2 atom stereocenters. The second-order valence-electron chi connectivity index (χ2n) is 4.61. The molecule has 2 unspecified atom stereocenters. The molecule has 17 heavy (non-hydrogen) atoms. The molecule has 4 nitrogen and oxygen atoms in total. The lowest BCUT2D eigenvalue weighted by Crippen LogP contribution is -2.46. The number of likely N-dealkylation sites (tertiary alicyclic amines) is 1. The van der Waals surface area contributed by atoms with Crippen LogP contribution in [0.3, 0.4) is 0 Å². The van der Waals surface area contributed by atoms with Gasteiger partial charge >= 0.3 is 5.97 Å². The van der Waals surface area contributed by atoms with Crippen LogP contribution in [0.25, 0.3) is 0 Å². The van der Waals surface area contributed by atoms with E-state index in [2.05, 4.69) is 22.4 Å². The third kappa shape index (κ3) is 3.52. The largest absolute Gasteiger partial charge is 0.481 e. The summed E-state index contributed by atoms with van der Waals surface area (Å²) in [5.41, 5.74) is 6.04. The lowest BCUT2D eigenvalue weighted by Gasteiger charge is -2.35. The van der Waals surface area contributed by atoms with Gasteiger partial charge in [0.1, 0.15) is 0 Å². The maximum absolute atomic E-state index is 10.6. The molecule has 0 bridgehead atoms. The SMILES string of the molecule is NC1CC(c2cccs2)CN(CCC(=O)O)C1. The van der Waals surface area contributed by atoms with Crippen molar-refractivity contribution in [2.75, 3.05) is 19.6 Å². The highest BCUT2D eigenvalue weighted by molar-refractivity contribution is 7.10. The van der Waals surface area contributed by atoms with E-state index in [0.29, 0.717) is 12.5 Å². The summed E-state index contributed by atoms with van der Waals surface area (Å²) in [5, 5.41) is 10.8. The number of hydrogen-bond acceptors (Lipinski definition) is 4. The first kappa shape index (κ1) is 12.5. The van der Waals surface area contributed by atoms with E-state index in [1.165, 1.54) is 4.88 Å². The summed E-state index contributed by atoms with van der Waals surface area (Å²) in [4.78, 5) is 14.1. The number of nitrogens with zero attached hydrogens (tertiary/aromatic N) is 1. The second kappa shape index (κ2) is 5.62. The summed E-state index contributed by atoms with van der Waals surface area (Å²) >= 11 is 1.76. The molecule has 0 saturated carbocycles. The molecule has 94 valence electrons. The highest BCUT2D eigenvalue weighted by Gasteiger charge is 2.26. The highest BCUT2D eigenvalue weighted by atomic mass is 32.1. The zero-order valence-corrected chi connectivity index (χ0v) is 10.5. The van der Waals surface area contributed by atoms with Crippen molar-refractivity contribution in [2.45, 2.75) is 24.8 Å². The average molecular weight is 254 g/mol. The van der Waals surface area contributed by atoms with Crippen LogP contribution in [0.2, 0.25) is 0 Å². The fraction of sp³-hybridized carbons (Fsp3) is 0.583. The summed E-state index contributed by atoms with van der Waals surface area (Å²) in [6.45, 7) is 2.35. The summed E-state index contributed by atoms with van der Waals surface area (Å²) in [6.07, 6.45) is 1.20. The Morgan fingerprint density at radius 2 is 2.41 bits per heavy atom. The first-order valence-corrected chi connectivity index (χ1v) is 6.76. The first-order chi connectivity index (χ1) is 8.15. The van der Waals surface area contributed by atoms with Crippen LogP contribution in [0.5, 0.6) is 0 Å². The van der Waals surface area contributed by atoms with Crippen molar-refractivity contribution in [3.05, 3.63) is 22.4 Å². The minimum absolute atomic E-state index is 0.157. The highest BCUT2D eigenvalue weighted by Crippen LogP contribution is 2.29. The molecule has 1 saturated heterocycles.